The molecular weight excluding hydrogens is 266 g/mol. The van der Waals surface area contributed by atoms with E-state index in [1.807, 2.05) is 0 Å². The molecule has 0 aliphatic heterocycles. The highest BCUT2D eigenvalue weighted by Crippen LogP contribution is 2.24. The monoisotopic (exact) mass is 275 g/mol. The van der Waals surface area contributed by atoms with Gasteiger partial charge in [-0.05, 0) is 19.1 Å². The summed E-state index contributed by atoms with van der Waals surface area (Å²) < 4.78 is 51.5. The molecule has 0 heterocycles. The normalized spacial score (nSPS) is 12.2. The van der Waals surface area contributed by atoms with E-state index in [9.17, 15) is 22.4 Å². The van der Waals surface area contributed by atoms with Gasteiger partial charge in [0.1, 0.15) is 5.82 Å². The molecule has 102 valence electrons. The van der Waals surface area contributed by atoms with E-state index in [1.54, 1.807) is 0 Å². The van der Waals surface area contributed by atoms with Crippen molar-refractivity contribution in [1.82, 2.24) is 0 Å². The fourth-order valence-electron chi connectivity index (χ4n) is 1.07. The first kappa shape index (κ1) is 14.9. The number of hydrogen-bond donors (Lipinski definition) is 0. The summed E-state index contributed by atoms with van der Waals surface area (Å²) in [7, 11) is 0. The molecule has 0 aliphatic rings. The van der Waals surface area contributed by atoms with Gasteiger partial charge >= 0.3 is 12.1 Å². The Morgan fingerprint density at radius 1 is 1.32 bits per heavy atom. The minimum Gasteiger partial charge on any atom is -0.313 e. The van der Waals surface area contributed by atoms with Crippen LogP contribution in [0.15, 0.2) is 41.6 Å². The Hall–Kier alpha value is -2.18. The van der Waals surface area contributed by atoms with Gasteiger partial charge in [-0.25, -0.2) is 9.18 Å². The maximum Gasteiger partial charge on any atom is 0.437 e. The Labute approximate surface area is 106 Å². The van der Waals surface area contributed by atoms with Crippen LogP contribution in [0.3, 0.4) is 0 Å². The van der Waals surface area contributed by atoms with Crippen molar-refractivity contribution in [3.05, 3.63) is 47.8 Å². The number of benzene rings is 1. The summed E-state index contributed by atoms with van der Waals surface area (Å²) in [6.07, 6.45) is -4.96. The van der Waals surface area contributed by atoms with Crippen molar-refractivity contribution in [3.63, 3.8) is 0 Å². The summed E-state index contributed by atoms with van der Waals surface area (Å²) in [5.74, 6) is -2.25. The van der Waals surface area contributed by atoms with Gasteiger partial charge in [0.15, 0.2) is 5.71 Å². The molecule has 1 aromatic rings. The predicted molar refractivity (Wildman–Crippen MR) is 59.9 cm³/mol. The Balaban J connectivity index is 3.18. The lowest BCUT2D eigenvalue weighted by Gasteiger charge is -2.10. The largest absolute Gasteiger partial charge is 0.437 e. The van der Waals surface area contributed by atoms with Crippen LogP contribution >= 0.6 is 0 Å². The van der Waals surface area contributed by atoms with E-state index in [0.29, 0.717) is 0 Å². The number of halogens is 4. The van der Waals surface area contributed by atoms with Crippen LogP contribution in [0.5, 0.6) is 0 Å². The molecule has 0 atom stereocenters. The Morgan fingerprint density at radius 3 is 2.37 bits per heavy atom. The van der Waals surface area contributed by atoms with Crippen LogP contribution in [0.1, 0.15) is 12.5 Å². The van der Waals surface area contributed by atoms with E-state index in [-0.39, 0.29) is 5.57 Å². The SMILES string of the molecule is C=C(C)C(=O)O/N=C(\c1ccccc1F)C(F)(F)F. The van der Waals surface area contributed by atoms with Crippen LogP contribution in [-0.2, 0) is 9.63 Å². The lowest BCUT2D eigenvalue weighted by atomic mass is 10.1. The molecule has 0 saturated heterocycles. The lowest BCUT2D eigenvalue weighted by molar-refractivity contribution is -0.139. The molecule has 0 radical (unpaired) electrons. The van der Waals surface area contributed by atoms with E-state index in [4.69, 9.17) is 0 Å². The van der Waals surface area contributed by atoms with Crippen LogP contribution in [0.2, 0.25) is 0 Å². The maximum atomic E-state index is 13.3. The molecule has 0 amide bonds. The van der Waals surface area contributed by atoms with E-state index >= 15 is 0 Å². The topological polar surface area (TPSA) is 38.7 Å². The standard InChI is InChI=1S/C12H9F4NO2/c1-7(2)11(18)19-17-10(12(14,15)16)8-5-3-4-6-9(8)13/h3-6H,1H2,2H3/b17-10+. The Bertz CT molecular complexity index is 535. The summed E-state index contributed by atoms with van der Waals surface area (Å²) in [5, 5.41) is 2.69. The van der Waals surface area contributed by atoms with Crippen molar-refractivity contribution >= 4 is 11.7 Å². The molecule has 0 aromatic heterocycles. The highest BCUT2D eigenvalue weighted by atomic mass is 19.4. The molecule has 1 aromatic carbocycles. The van der Waals surface area contributed by atoms with E-state index in [1.165, 1.54) is 19.1 Å². The van der Waals surface area contributed by atoms with Crippen LogP contribution in [0.25, 0.3) is 0 Å². The van der Waals surface area contributed by atoms with Crippen molar-refractivity contribution in [1.29, 1.82) is 0 Å². The number of rotatable bonds is 3. The van der Waals surface area contributed by atoms with Gasteiger partial charge in [0, 0.05) is 11.1 Å². The van der Waals surface area contributed by atoms with Gasteiger partial charge in [-0.2, -0.15) is 13.2 Å². The quantitative estimate of drug-likeness (QED) is 0.279. The summed E-state index contributed by atoms with van der Waals surface area (Å²) in [5.41, 5.74) is -2.55. The fourth-order valence-corrected chi connectivity index (χ4v) is 1.07. The highest BCUT2D eigenvalue weighted by Gasteiger charge is 2.39. The number of hydrogen-bond acceptors (Lipinski definition) is 3. The molecule has 0 aliphatic carbocycles. The molecule has 0 spiro atoms. The van der Waals surface area contributed by atoms with Gasteiger partial charge in [-0.1, -0.05) is 23.9 Å². The van der Waals surface area contributed by atoms with Gasteiger partial charge in [0.2, 0.25) is 0 Å². The van der Waals surface area contributed by atoms with Crippen molar-refractivity contribution in [3.8, 4) is 0 Å². The number of carbonyl (C=O) groups is 1. The first-order valence-electron chi connectivity index (χ1n) is 5.00. The van der Waals surface area contributed by atoms with E-state index in [2.05, 4.69) is 16.6 Å². The smallest absolute Gasteiger partial charge is 0.313 e. The molecular formula is C12H9F4NO2. The molecule has 1 rings (SSSR count). The maximum absolute atomic E-state index is 13.3. The predicted octanol–water partition coefficient (Wildman–Crippen LogP) is 3.21. The molecule has 0 N–H and O–H groups in total. The number of oxime groups is 1. The van der Waals surface area contributed by atoms with E-state index < -0.39 is 29.2 Å². The molecule has 0 unspecified atom stereocenters. The van der Waals surface area contributed by atoms with Gasteiger partial charge in [0.05, 0.1) is 0 Å². The summed E-state index contributed by atoms with van der Waals surface area (Å²) >= 11 is 0. The third-order valence-electron chi connectivity index (χ3n) is 1.97. The third kappa shape index (κ3) is 3.90. The van der Waals surface area contributed by atoms with Crippen LogP contribution < -0.4 is 0 Å². The minimum atomic E-state index is -4.96. The summed E-state index contributed by atoms with van der Waals surface area (Å²) in [6, 6.07) is 4.17. The second kappa shape index (κ2) is 5.64. The van der Waals surface area contributed by atoms with Crippen LogP contribution in [0, 0.1) is 5.82 Å². The molecule has 0 fully saturated rings. The molecule has 0 bridgehead atoms. The average Bonchev–Trinajstić information content (AvgIpc) is 2.29. The second-order valence-corrected chi connectivity index (χ2v) is 3.58. The van der Waals surface area contributed by atoms with Gasteiger partial charge < -0.3 is 4.84 Å². The highest BCUT2D eigenvalue weighted by molar-refractivity contribution is 6.05. The second-order valence-electron chi connectivity index (χ2n) is 3.58. The summed E-state index contributed by atoms with van der Waals surface area (Å²) in [4.78, 5) is 15.1. The van der Waals surface area contributed by atoms with Crippen LogP contribution in [-0.4, -0.2) is 17.9 Å². The molecule has 19 heavy (non-hydrogen) atoms. The molecule has 0 saturated carbocycles. The zero-order valence-corrected chi connectivity index (χ0v) is 9.79. The molecule has 7 heteroatoms. The third-order valence-corrected chi connectivity index (χ3v) is 1.97. The first-order valence-corrected chi connectivity index (χ1v) is 5.00. The number of alkyl halides is 3. The Kier molecular flexibility index (Phi) is 4.42. The first-order chi connectivity index (χ1) is 8.73. The van der Waals surface area contributed by atoms with Gasteiger partial charge in [-0.3, -0.25) is 0 Å². The van der Waals surface area contributed by atoms with Crippen molar-refractivity contribution in [2.24, 2.45) is 5.16 Å². The Morgan fingerprint density at radius 2 is 1.89 bits per heavy atom. The van der Waals surface area contributed by atoms with Crippen LogP contribution in [0.4, 0.5) is 17.6 Å². The summed E-state index contributed by atoms with van der Waals surface area (Å²) in [6.45, 7) is 4.43. The van der Waals surface area contributed by atoms with Gasteiger partial charge in [0.25, 0.3) is 0 Å². The lowest BCUT2D eigenvalue weighted by Crippen LogP contribution is -2.26. The fraction of sp³-hybridized carbons (Fsp3) is 0.167. The van der Waals surface area contributed by atoms with Crippen molar-refractivity contribution in [2.75, 3.05) is 0 Å². The van der Waals surface area contributed by atoms with E-state index in [0.717, 1.165) is 12.1 Å². The molecule has 3 nitrogen and oxygen atoms in total. The minimum absolute atomic E-state index is 0.126. The zero-order valence-electron chi connectivity index (χ0n) is 9.79. The number of carbonyl (C=O) groups excluding carboxylic acids is 1. The van der Waals surface area contributed by atoms with Crippen molar-refractivity contribution < 1.29 is 27.2 Å². The average molecular weight is 275 g/mol. The zero-order chi connectivity index (χ0) is 14.6. The van der Waals surface area contributed by atoms with Gasteiger partial charge in [-0.15, -0.1) is 0 Å². The number of nitrogens with zero attached hydrogens (tertiary/aromatic N) is 1. The van der Waals surface area contributed by atoms with Crippen molar-refractivity contribution in [2.45, 2.75) is 13.1 Å².